The number of aryl methyl sites for hydroxylation is 1. The molecule has 6 nitrogen and oxygen atoms in total. The third-order valence-electron chi connectivity index (χ3n) is 2.52. The van der Waals surface area contributed by atoms with Gasteiger partial charge in [0.15, 0.2) is 0 Å². The fraction of sp³-hybridized carbons (Fsp3) is 0.182. The molecule has 1 aromatic carbocycles. The Bertz CT molecular complexity index is 597. The van der Waals surface area contributed by atoms with Crippen molar-refractivity contribution in [2.75, 3.05) is 0 Å². The van der Waals surface area contributed by atoms with Crippen molar-refractivity contribution in [3.63, 3.8) is 0 Å². The number of rotatable bonds is 3. The molecule has 19 heavy (non-hydrogen) atoms. The van der Waals surface area contributed by atoms with Gasteiger partial charge in [0.25, 0.3) is 0 Å². The first-order valence-electron chi connectivity index (χ1n) is 5.12. The molecular formula is C11H13FN4O2S. The van der Waals surface area contributed by atoms with Crippen molar-refractivity contribution >= 4 is 18.4 Å². The molecule has 0 saturated heterocycles. The van der Waals surface area contributed by atoms with E-state index >= 15 is 0 Å². The predicted octanol–water partition coefficient (Wildman–Crippen LogP) is 2.57. The van der Waals surface area contributed by atoms with Gasteiger partial charge in [0.05, 0.1) is 0 Å². The Kier molecular flexibility index (Phi) is 4.52. The molecule has 0 bridgehead atoms. The van der Waals surface area contributed by atoms with Gasteiger partial charge in [-0.25, -0.2) is 4.39 Å². The zero-order valence-electron chi connectivity index (χ0n) is 10.5. The number of halogens is 1. The van der Waals surface area contributed by atoms with Crippen LogP contribution < -0.4 is 6.15 Å². The zero-order chi connectivity index (χ0) is 13.3. The molecule has 4 N–H and O–H groups in total. The number of quaternary nitrogens is 1. The van der Waals surface area contributed by atoms with Crippen molar-refractivity contribution in [3.05, 3.63) is 51.6 Å². The zero-order valence-corrected chi connectivity index (χ0v) is 11.3. The highest BCUT2D eigenvalue weighted by atomic mass is 32.1. The molecule has 0 amide bonds. The van der Waals surface area contributed by atoms with Gasteiger partial charge < -0.3 is 33.5 Å². The largest absolute Gasteiger partial charge is 0.754 e. The highest BCUT2D eigenvalue weighted by molar-refractivity contribution is 7.58. The summed E-state index contributed by atoms with van der Waals surface area (Å²) in [5.41, 5.74) is 0.804. The van der Waals surface area contributed by atoms with E-state index in [1.165, 1.54) is 12.1 Å². The standard InChI is InChI=1S/C11H10FN3O2S.H3N/c1-7-13-10(15(16)17)11(18)14(7)6-8-2-4-9(12)5-3-8;/h2-5,18H,6H2,1H3;1H3. The molecular weight excluding hydrogens is 271 g/mol. The molecule has 0 saturated carbocycles. The maximum atomic E-state index is 12.8. The van der Waals surface area contributed by atoms with Crippen LogP contribution in [0.2, 0.25) is 0 Å². The van der Waals surface area contributed by atoms with Crippen LogP contribution in [0.25, 0.3) is 0 Å². The number of nitrogens with zero attached hydrogens (tertiary/aromatic N) is 3. The number of aromatic nitrogens is 2. The van der Waals surface area contributed by atoms with Gasteiger partial charge in [0.2, 0.25) is 5.82 Å². The lowest BCUT2D eigenvalue weighted by molar-refractivity contribution is -0.392. The second-order valence-corrected chi connectivity index (χ2v) is 4.14. The maximum absolute atomic E-state index is 12.8. The van der Waals surface area contributed by atoms with Crippen LogP contribution in [0.3, 0.4) is 0 Å². The van der Waals surface area contributed by atoms with E-state index < -0.39 is 4.92 Å². The lowest BCUT2D eigenvalue weighted by Gasteiger charge is -2.11. The minimum atomic E-state index is -0.601. The van der Waals surface area contributed by atoms with Crippen LogP contribution in [0.1, 0.15) is 11.4 Å². The van der Waals surface area contributed by atoms with Crippen LogP contribution in [0.15, 0.2) is 29.3 Å². The minimum absolute atomic E-state index is 0. The Labute approximate surface area is 114 Å². The molecule has 8 heteroatoms. The smallest absolute Gasteiger partial charge is 0.362 e. The van der Waals surface area contributed by atoms with Gasteiger partial charge in [0, 0.05) is 13.5 Å². The van der Waals surface area contributed by atoms with Crippen LogP contribution in [-0.2, 0) is 19.2 Å². The van der Waals surface area contributed by atoms with Gasteiger partial charge in [-0.2, -0.15) is 0 Å². The molecule has 0 atom stereocenters. The summed E-state index contributed by atoms with van der Waals surface area (Å²) in [6.07, 6.45) is 0. The van der Waals surface area contributed by atoms with Crippen LogP contribution >= 0.6 is 0 Å². The van der Waals surface area contributed by atoms with Crippen molar-refractivity contribution in [2.24, 2.45) is 0 Å². The Morgan fingerprint density at radius 1 is 1.42 bits per heavy atom. The molecule has 2 rings (SSSR count). The lowest BCUT2D eigenvalue weighted by atomic mass is 10.2. The van der Waals surface area contributed by atoms with Crippen LogP contribution in [0, 0.1) is 22.9 Å². The first-order valence-corrected chi connectivity index (χ1v) is 5.53. The van der Waals surface area contributed by atoms with E-state index in [4.69, 9.17) is 12.6 Å². The summed E-state index contributed by atoms with van der Waals surface area (Å²) in [6.45, 7) is 1.98. The summed E-state index contributed by atoms with van der Waals surface area (Å²) in [5.74, 6) is -0.175. The van der Waals surface area contributed by atoms with E-state index in [2.05, 4.69) is 4.98 Å². The Hall–Kier alpha value is -2.06. The SMILES string of the molecule is Cc1nc([N+](=O)[O-])c([S-])n1Cc1ccc(F)cc1.[NH4+]. The molecule has 0 aliphatic rings. The second-order valence-electron chi connectivity index (χ2n) is 3.76. The first kappa shape index (κ1) is 15.0. The molecule has 0 aliphatic heterocycles. The second kappa shape index (κ2) is 5.72. The molecule has 0 radical (unpaired) electrons. The molecule has 102 valence electrons. The summed E-state index contributed by atoms with van der Waals surface area (Å²) in [5, 5.41) is 10.8. The van der Waals surface area contributed by atoms with Crippen molar-refractivity contribution in [1.82, 2.24) is 15.7 Å². The summed E-state index contributed by atoms with van der Waals surface area (Å²) in [4.78, 5) is 13.9. The molecule has 0 spiro atoms. The van der Waals surface area contributed by atoms with E-state index in [-0.39, 0.29) is 22.8 Å². The summed E-state index contributed by atoms with van der Waals surface area (Å²) < 4.78 is 14.3. The predicted molar refractivity (Wildman–Crippen MR) is 70.7 cm³/mol. The van der Waals surface area contributed by atoms with E-state index in [1.54, 1.807) is 23.6 Å². The third-order valence-corrected chi connectivity index (χ3v) is 2.92. The third kappa shape index (κ3) is 3.04. The van der Waals surface area contributed by atoms with Crippen molar-refractivity contribution < 1.29 is 9.31 Å². The van der Waals surface area contributed by atoms with Gasteiger partial charge in [-0.1, -0.05) is 12.1 Å². The number of nitro groups is 1. The van der Waals surface area contributed by atoms with Gasteiger partial charge in [0.1, 0.15) is 5.82 Å². The van der Waals surface area contributed by atoms with Gasteiger partial charge >= 0.3 is 5.82 Å². The van der Waals surface area contributed by atoms with E-state index in [0.717, 1.165) is 5.56 Å². The van der Waals surface area contributed by atoms with Crippen LogP contribution in [0.4, 0.5) is 10.2 Å². The Morgan fingerprint density at radius 3 is 2.47 bits per heavy atom. The van der Waals surface area contributed by atoms with Crippen LogP contribution in [0.5, 0.6) is 0 Å². The highest BCUT2D eigenvalue weighted by Gasteiger charge is 2.17. The van der Waals surface area contributed by atoms with Crippen molar-refractivity contribution in [2.45, 2.75) is 18.5 Å². The average Bonchev–Trinajstić information content (AvgIpc) is 2.60. The summed E-state index contributed by atoms with van der Waals surface area (Å²) in [6, 6.07) is 5.88. The topological polar surface area (TPSA) is 97.5 Å². The molecule has 0 unspecified atom stereocenters. The minimum Gasteiger partial charge on any atom is -0.754 e. The lowest BCUT2D eigenvalue weighted by Crippen LogP contribution is -2.04. The molecule has 2 aromatic rings. The van der Waals surface area contributed by atoms with E-state index in [0.29, 0.717) is 12.4 Å². The van der Waals surface area contributed by atoms with Crippen molar-refractivity contribution in [3.8, 4) is 0 Å². The molecule has 1 aromatic heterocycles. The number of hydrogen-bond acceptors (Lipinski definition) is 4. The monoisotopic (exact) mass is 284 g/mol. The molecule has 1 heterocycles. The van der Waals surface area contributed by atoms with Crippen LogP contribution in [-0.4, -0.2) is 14.5 Å². The van der Waals surface area contributed by atoms with Gasteiger partial charge in [-0.3, -0.25) is 0 Å². The average molecular weight is 284 g/mol. The normalized spacial score (nSPS) is 10.0. The fourth-order valence-electron chi connectivity index (χ4n) is 1.61. The Balaban J connectivity index is 0.00000180. The van der Waals surface area contributed by atoms with Gasteiger partial charge in [-0.05, 0) is 32.6 Å². The van der Waals surface area contributed by atoms with Gasteiger partial charge in [-0.15, -0.1) is 0 Å². The summed E-state index contributed by atoms with van der Waals surface area (Å²) in [7, 11) is 0. The summed E-state index contributed by atoms with van der Waals surface area (Å²) >= 11 is 5.00. The number of hydrogen-bond donors (Lipinski definition) is 1. The van der Waals surface area contributed by atoms with Crippen molar-refractivity contribution in [1.29, 1.82) is 0 Å². The molecule has 0 fully saturated rings. The number of imidazole rings is 1. The molecule has 0 aliphatic carbocycles. The highest BCUT2D eigenvalue weighted by Crippen LogP contribution is 2.20. The maximum Gasteiger partial charge on any atom is 0.362 e. The number of benzene rings is 1. The fourth-order valence-corrected chi connectivity index (χ4v) is 1.92. The quantitative estimate of drug-likeness (QED) is 0.532. The first-order chi connectivity index (χ1) is 8.49. The van der Waals surface area contributed by atoms with E-state index in [9.17, 15) is 14.5 Å². The Morgan fingerprint density at radius 2 is 2.00 bits per heavy atom. The van der Waals surface area contributed by atoms with E-state index in [1.807, 2.05) is 0 Å².